The average molecular weight is 252 g/mol. The molecule has 15 heavy (non-hydrogen) atoms. The molecular formula is C10H14KO3P. The van der Waals surface area contributed by atoms with Crippen molar-refractivity contribution in [2.45, 2.75) is 20.8 Å². The van der Waals surface area contributed by atoms with Gasteiger partial charge >= 0.3 is 109 Å². The van der Waals surface area contributed by atoms with E-state index in [4.69, 9.17) is 9.46 Å². The minimum absolute atomic E-state index is 0.263. The Kier molecular flexibility index (Phi) is 8.28. The van der Waals surface area contributed by atoms with Crippen molar-refractivity contribution in [3.8, 4) is 0 Å². The van der Waals surface area contributed by atoms with E-state index in [0.717, 1.165) is 11.1 Å². The molecule has 0 saturated carbocycles. The summed E-state index contributed by atoms with van der Waals surface area (Å²) in [7, 11) is -1.50. The van der Waals surface area contributed by atoms with Gasteiger partial charge in [-0.25, -0.2) is 0 Å². The van der Waals surface area contributed by atoms with E-state index in [1.807, 2.05) is 19.1 Å². The molecule has 78 valence electrons. The Morgan fingerprint density at radius 2 is 1.73 bits per heavy atom. The van der Waals surface area contributed by atoms with Crippen LogP contribution in [0.25, 0.3) is 0 Å². The van der Waals surface area contributed by atoms with Gasteiger partial charge in [0.1, 0.15) is 0 Å². The van der Waals surface area contributed by atoms with Gasteiger partial charge in [0.05, 0.1) is 0 Å². The zero-order valence-corrected chi connectivity index (χ0v) is 13.8. The Morgan fingerprint density at radius 3 is 2.13 bits per heavy atom. The van der Waals surface area contributed by atoms with Crippen molar-refractivity contribution in [3.63, 3.8) is 0 Å². The first-order valence-corrected chi connectivity index (χ1v) is 7.16. The molecule has 3 nitrogen and oxygen atoms in total. The van der Waals surface area contributed by atoms with Gasteiger partial charge in [0.2, 0.25) is 0 Å². The quantitative estimate of drug-likeness (QED) is 0.609. The Balaban J connectivity index is 0.000000583. The van der Waals surface area contributed by atoms with Crippen LogP contribution in [0.4, 0.5) is 0 Å². The SMILES string of the molecule is Cc1ccc([C](=O)[K])c(C)c1C.O=[PH2]O. The number of aryl methyl sites for hydroxylation is 1. The molecule has 0 aliphatic heterocycles. The second-order valence-electron chi connectivity index (χ2n) is 3.34. The Morgan fingerprint density at radius 1 is 1.27 bits per heavy atom. The molecule has 1 atom stereocenters. The largest absolute Gasteiger partial charge is 0.348 e. The molecule has 1 aromatic rings. The first-order chi connectivity index (χ1) is 6.95. The molecule has 1 N–H and O–H groups in total. The van der Waals surface area contributed by atoms with E-state index in [-0.39, 0.29) is 49.0 Å². The van der Waals surface area contributed by atoms with E-state index in [1.54, 1.807) is 0 Å². The van der Waals surface area contributed by atoms with Crippen molar-refractivity contribution in [1.29, 1.82) is 0 Å². The van der Waals surface area contributed by atoms with Crippen molar-refractivity contribution >= 4 is 57.5 Å². The van der Waals surface area contributed by atoms with Gasteiger partial charge in [-0.15, -0.1) is 0 Å². The summed E-state index contributed by atoms with van der Waals surface area (Å²) in [5, 5.41) is 0. The van der Waals surface area contributed by atoms with Gasteiger partial charge < -0.3 is 4.89 Å². The van der Waals surface area contributed by atoms with Crippen LogP contribution in [0.15, 0.2) is 12.1 Å². The Bertz CT molecular complexity index is 377. The first kappa shape index (κ1) is 15.7. The van der Waals surface area contributed by atoms with Crippen molar-refractivity contribution in [2.24, 2.45) is 0 Å². The molecular weight excluding hydrogens is 238 g/mol. The maximum Gasteiger partial charge on any atom is 0.177 e. The summed E-state index contributed by atoms with van der Waals surface area (Å²) in [5.41, 5.74) is 4.61. The summed E-state index contributed by atoms with van der Waals surface area (Å²) in [6.07, 6.45) is 0. The molecule has 0 fully saturated rings. The molecule has 0 radical (unpaired) electrons. The van der Waals surface area contributed by atoms with Crippen molar-refractivity contribution in [3.05, 3.63) is 34.4 Å². The summed E-state index contributed by atoms with van der Waals surface area (Å²) in [5.74, 6) is 0. The number of rotatable bonds is 1. The van der Waals surface area contributed by atoms with Crippen LogP contribution in [0, 0.1) is 20.8 Å². The normalized spacial score (nSPS) is 10.0. The monoisotopic (exact) mass is 252 g/mol. The first-order valence-electron chi connectivity index (χ1n) is 4.61. The number of hydrogen-bond donors (Lipinski definition) is 1. The third-order valence-electron chi connectivity index (χ3n) is 2.44. The fourth-order valence-electron chi connectivity index (χ4n) is 1.34. The molecule has 1 aromatic carbocycles. The molecule has 0 spiro atoms. The van der Waals surface area contributed by atoms with E-state index in [1.165, 1.54) is 11.1 Å². The number of carbonyl (C=O) groups excluding carboxylic acids is 1. The minimum atomic E-state index is -1.50. The van der Waals surface area contributed by atoms with Crippen LogP contribution < -0.4 is 0 Å². The van der Waals surface area contributed by atoms with Gasteiger partial charge in [-0.2, -0.15) is 0 Å². The van der Waals surface area contributed by atoms with Crippen LogP contribution in [0.1, 0.15) is 27.0 Å². The second kappa shape index (κ2) is 7.90. The summed E-state index contributed by atoms with van der Waals surface area (Å²) in [6, 6.07) is 3.98. The predicted molar refractivity (Wildman–Crippen MR) is 63.4 cm³/mol. The van der Waals surface area contributed by atoms with Crippen molar-refractivity contribution < 1.29 is 14.3 Å². The maximum atomic E-state index is 11.2. The zero-order chi connectivity index (χ0) is 12.0. The standard InChI is InChI=1S/C10H11O.K.H3O2P/c1-7-4-5-10(6-11)9(3)8(7)2;;1-3-2/h4-5H,1-3H3;;3H2,(H,1,2). The topological polar surface area (TPSA) is 54.4 Å². The number of hydrogen-bond acceptors (Lipinski definition) is 2. The van der Waals surface area contributed by atoms with Crippen LogP contribution in [-0.2, 0) is 4.57 Å². The molecule has 0 aliphatic rings. The average Bonchev–Trinajstić information content (AvgIpc) is 2.15. The molecule has 0 amide bonds. The third-order valence-corrected chi connectivity index (χ3v) is 3.28. The van der Waals surface area contributed by atoms with E-state index >= 15 is 0 Å². The number of carbonyl (C=O) groups is 1. The van der Waals surface area contributed by atoms with E-state index < -0.39 is 8.69 Å². The van der Waals surface area contributed by atoms with Gasteiger partial charge in [0.15, 0.2) is 8.69 Å². The van der Waals surface area contributed by atoms with Crippen molar-refractivity contribution in [2.75, 3.05) is 0 Å². The molecule has 5 heteroatoms. The molecule has 0 heterocycles. The van der Waals surface area contributed by atoms with Gasteiger partial charge in [-0.1, -0.05) is 0 Å². The third kappa shape index (κ3) is 5.05. The van der Waals surface area contributed by atoms with Gasteiger partial charge in [0, 0.05) is 0 Å². The van der Waals surface area contributed by atoms with E-state index in [2.05, 4.69) is 13.8 Å². The van der Waals surface area contributed by atoms with Crippen molar-refractivity contribution in [1.82, 2.24) is 0 Å². The summed E-state index contributed by atoms with van der Waals surface area (Å²) in [4.78, 5) is 18.3. The fourth-order valence-corrected chi connectivity index (χ4v) is 2.18. The second-order valence-corrected chi connectivity index (χ2v) is 4.97. The van der Waals surface area contributed by atoms with Gasteiger partial charge in [-0.3, -0.25) is 4.57 Å². The molecule has 0 aromatic heterocycles. The predicted octanol–water partition coefficient (Wildman–Crippen LogP) is 1.57. The zero-order valence-electron chi connectivity index (χ0n) is 9.50. The minimum Gasteiger partial charge on any atom is -0.348 e. The number of benzene rings is 1. The van der Waals surface area contributed by atoms with Crippen LogP contribution in [-0.4, -0.2) is 53.7 Å². The van der Waals surface area contributed by atoms with Crippen LogP contribution in [0.3, 0.4) is 0 Å². The molecule has 1 rings (SSSR count). The molecule has 1 unspecified atom stereocenters. The Labute approximate surface area is 125 Å². The fraction of sp³-hybridized carbons (Fsp3) is 0.300. The smallest absolute Gasteiger partial charge is 0.177 e. The summed E-state index contributed by atoms with van der Waals surface area (Å²) in [6.45, 7) is 6.18. The van der Waals surface area contributed by atoms with Gasteiger partial charge in [-0.05, 0) is 0 Å². The molecule has 0 bridgehead atoms. The van der Waals surface area contributed by atoms with Crippen LogP contribution in [0.2, 0.25) is 0 Å². The van der Waals surface area contributed by atoms with Crippen LogP contribution in [0.5, 0.6) is 0 Å². The summed E-state index contributed by atoms with van der Waals surface area (Å²) < 4.78 is 8.91. The molecule has 0 aliphatic carbocycles. The Hall–Kier alpha value is 0.716. The van der Waals surface area contributed by atoms with Gasteiger partial charge in [0.25, 0.3) is 0 Å². The molecule has 0 saturated heterocycles. The maximum absolute atomic E-state index is 11.2. The van der Waals surface area contributed by atoms with E-state index in [9.17, 15) is 4.79 Å². The summed E-state index contributed by atoms with van der Waals surface area (Å²) >= 11 is 0.263. The van der Waals surface area contributed by atoms with E-state index in [0.29, 0.717) is -0.122 Å². The van der Waals surface area contributed by atoms with Crippen LogP contribution >= 0.6 is 8.69 Å².